The minimum absolute atomic E-state index is 0.0721. The zero-order chi connectivity index (χ0) is 16.0. The highest BCUT2D eigenvalue weighted by Gasteiger charge is 2.14. The molecule has 0 aliphatic rings. The number of amides is 3. The second kappa shape index (κ2) is 7.28. The van der Waals surface area contributed by atoms with Crippen molar-refractivity contribution in [3.05, 3.63) is 29.3 Å². The molecule has 3 amide bonds. The first kappa shape index (κ1) is 16.5. The van der Waals surface area contributed by atoms with Gasteiger partial charge < -0.3 is 20.6 Å². The van der Waals surface area contributed by atoms with Gasteiger partial charge in [0.2, 0.25) is 5.91 Å². The Morgan fingerprint density at radius 3 is 2.52 bits per heavy atom. The zero-order valence-electron chi connectivity index (χ0n) is 12.3. The summed E-state index contributed by atoms with van der Waals surface area (Å²) in [7, 11) is 1.49. The van der Waals surface area contributed by atoms with Crippen LogP contribution in [0.4, 0.5) is 10.5 Å². The Morgan fingerprint density at radius 1 is 1.29 bits per heavy atom. The maximum absolute atomic E-state index is 12.0. The number of rotatable bonds is 5. The molecule has 7 nitrogen and oxygen atoms in total. The van der Waals surface area contributed by atoms with Crippen LogP contribution in [0.1, 0.15) is 22.8 Å². The summed E-state index contributed by atoms with van der Waals surface area (Å²) in [5, 5.41) is 14.1. The molecule has 114 valence electrons. The van der Waals surface area contributed by atoms with Gasteiger partial charge in [0.15, 0.2) is 0 Å². The van der Waals surface area contributed by atoms with Gasteiger partial charge in [-0.2, -0.15) is 0 Å². The molecule has 1 aromatic rings. The molecule has 0 saturated heterocycles. The molecular weight excluding hydrogens is 274 g/mol. The summed E-state index contributed by atoms with van der Waals surface area (Å²) >= 11 is 0. The van der Waals surface area contributed by atoms with Crippen LogP contribution < -0.4 is 10.6 Å². The summed E-state index contributed by atoms with van der Waals surface area (Å²) in [5.74, 6) is -1.33. The summed E-state index contributed by atoms with van der Waals surface area (Å²) in [6.45, 7) is 3.97. The Bertz CT molecular complexity index is 557. The number of carboxylic acid groups (broad SMARTS) is 1. The van der Waals surface area contributed by atoms with E-state index in [4.69, 9.17) is 5.11 Å². The van der Waals surface area contributed by atoms with Crippen LogP contribution in [0.25, 0.3) is 0 Å². The number of benzene rings is 1. The highest BCUT2D eigenvalue weighted by atomic mass is 16.4. The van der Waals surface area contributed by atoms with Gasteiger partial charge in [-0.3, -0.25) is 4.79 Å². The van der Waals surface area contributed by atoms with E-state index < -0.39 is 12.0 Å². The molecule has 0 aliphatic heterocycles. The molecule has 0 saturated carbocycles. The van der Waals surface area contributed by atoms with Gasteiger partial charge >= 0.3 is 12.0 Å². The number of aryl methyl sites for hydroxylation is 1. The summed E-state index contributed by atoms with van der Waals surface area (Å²) in [6, 6.07) is 3.98. The van der Waals surface area contributed by atoms with Crippen LogP contribution in [0.15, 0.2) is 18.2 Å². The molecule has 1 rings (SSSR count). The van der Waals surface area contributed by atoms with Crippen molar-refractivity contribution in [1.82, 2.24) is 10.2 Å². The maximum atomic E-state index is 12.0. The van der Waals surface area contributed by atoms with Gasteiger partial charge in [-0.25, -0.2) is 9.59 Å². The topological polar surface area (TPSA) is 98.7 Å². The van der Waals surface area contributed by atoms with Gasteiger partial charge in [-0.1, -0.05) is 6.07 Å². The predicted molar refractivity (Wildman–Crippen MR) is 78.5 cm³/mol. The lowest BCUT2D eigenvalue weighted by atomic mass is 10.1. The standard InChI is InChI=1S/C14H19N3O4/c1-4-15-12(18)8-17(3)14(21)16-11-7-10(13(19)20)6-5-9(11)2/h5-7H,4,8H2,1-3H3,(H,15,18)(H,16,21)(H,19,20). The fourth-order valence-corrected chi connectivity index (χ4v) is 1.64. The molecule has 0 radical (unpaired) electrons. The van der Waals surface area contributed by atoms with E-state index in [1.807, 2.05) is 0 Å². The second-order valence-corrected chi connectivity index (χ2v) is 4.57. The minimum Gasteiger partial charge on any atom is -0.478 e. The lowest BCUT2D eigenvalue weighted by Gasteiger charge is -2.18. The Morgan fingerprint density at radius 2 is 1.95 bits per heavy atom. The van der Waals surface area contributed by atoms with Crippen molar-refractivity contribution in [2.24, 2.45) is 0 Å². The number of nitrogens with one attached hydrogen (secondary N) is 2. The molecule has 0 aromatic heterocycles. The van der Waals surface area contributed by atoms with E-state index in [1.165, 1.54) is 24.1 Å². The Kier molecular flexibility index (Phi) is 5.71. The summed E-state index contributed by atoms with van der Waals surface area (Å²) < 4.78 is 0. The van der Waals surface area contributed by atoms with Crippen molar-refractivity contribution < 1.29 is 19.5 Å². The number of likely N-dealkylation sites (N-methyl/N-ethyl adjacent to an activating group) is 2. The van der Waals surface area contributed by atoms with Gasteiger partial charge in [-0.05, 0) is 31.5 Å². The van der Waals surface area contributed by atoms with Crippen LogP contribution >= 0.6 is 0 Å². The number of anilines is 1. The van der Waals surface area contributed by atoms with Crippen LogP contribution in [0, 0.1) is 6.92 Å². The van der Waals surface area contributed by atoms with Gasteiger partial charge in [0, 0.05) is 19.3 Å². The van der Waals surface area contributed by atoms with Crippen molar-refractivity contribution in [2.75, 3.05) is 25.5 Å². The molecule has 21 heavy (non-hydrogen) atoms. The van der Waals surface area contributed by atoms with E-state index in [2.05, 4.69) is 10.6 Å². The number of aromatic carboxylic acids is 1. The smallest absolute Gasteiger partial charge is 0.335 e. The van der Waals surface area contributed by atoms with Crippen molar-refractivity contribution in [3.8, 4) is 0 Å². The van der Waals surface area contributed by atoms with E-state index in [0.29, 0.717) is 12.2 Å². The first-order valence-corrected chi connectivity index (χ1v) is 6.48. The van der Waals surface area contributed by atoms with Crippen molar-refractivity contribution in [3.63, 3.8) is 0 Å². The van der Waals surface area contributed by atoms with E-state index in [1.54, 1.807) is 19.9 Å². The van der Waals surface area contributed by atoms with E-state index >= 15 is 0 Å². The molecule has 7 heteroatoms. The minimum atomic E-state index is -1.07. The molecule has 0 spiro atoms. The highest BCUT2D eigenvalue weighted by molar-refractivity contribution is 5.95. The van der Waals surface area contributed by atoms with E-state index in [-0.39, 0.29) is 18.0 Å². The number of hydrogen-bond donors (Lipinski definition) is 3. The zero-order valence-corrected chi connectivity index (χ0v) is 12.3. The van der Waals surface area contributed by atoms with Crippen molar-refractivity contribution in [1.29, 1.82) is 0 Å². The monoisotopic (exact) mass is 293 g/mol. The first-order valence-electron chi connectivity index (χ1n) is 6.48. The Labute approximate surface area is 122 Å². The first-order chi connectivity index (χ1) is 9.85. The van der Waals surface area contributed by atoms with Crippen molar-refractivity contribution >= 4 is 23.6 Å². The largest absolute Gasteiger partial charge is 0.478 e. The van der Waals surface area contributed by atoms with Gasteiger partial charge in [-0.15, -0.1) is 0 Å². The van der Waals surface area contributed by atoms with E-state index in [9.17, 15) is 14.4 Å². The average molecular weight is 293 g/mol. The quantitative estimate of drug-likeness (QED) is 0.762. The molecule has 0 bridgehead atoms. The third-order valence-corrected chi connectivity index (χ3v) is 2.83. The molecule has 3 N–H and O–H groups in total. The van der Waals surface area contributed by atoms with Crippen LogP contribution in [0.2, 0.25) is 0 Å². The number of urea groups is 1. The van der Waals surface area contributed by atoms with Crippen LogP contribution in [0.5, 0.6) is 0 Å². The third-order valence-electron chi connectivity index (χ3n) is 2.83. The lowest BCUT2D eigenvalue weighted by Crippen LogP contribution is -2.40. The summed E-state index contributed by atoms with van der Waals surface area (Å²) in [5.41, 5.74) is 1.23. The number of carbonyl (C=O) groups is 3. The van der Waals surface area contributed by atoms with Crippen LogP contribution in [-0.4, -0.2) is 48.1 Å². The number of carboxylic acids is 1. The molecule has 1 aromatic carbocycles. The van der Waals surface area contributed by atoms with Crippen LogP contribution in [-0.2, 0) is 4.79 Å². The van der Waals surface area contributed by atoms with Gasteiger partial charge in [0.05, 0.1) is 5.56 Å². The summed E-state index contributed by atoms with van der Waals surface area (Å²) in [6.07, 6.45) is 0. The SMILES string of the molecule is CCNC(=O)CN(C)C(=O)Nc1cc(C(=O)O)ccc1C. The molecule has 0 unspecified atom stereocenters. The highest BCUT2D eigenvalue weighted by Crippen LogP contribution is 2.17. The molecule has 0 aliphatic carbocycles. The summed E-state index contributed by atoms with van der Waals surface area (Å²) in [4.78, 5) is 35.5. The predicted octanol–water partition coefficient (Wildman–Crippen LogP) is 1.29. The fourth-order valence-electron chi connectivity index (χ4n) is 1.64. The maximum Gasteiger partial charge on any atom is 0.335 e. The normalized spacial score (nSPS) is 9.86. The number of hydrogen-bond acceptors (Lipinski definition) is 3. The van der Waals surface area contributed by atoms with Crippen LogP contribution in [0.3, 0.4) is 0 Å². The van der Waals surface area contributed by atoms with Gasteiger partial charge in [0.25, 0.3) is 0 Å². The molecule has 0 heterocycles. The fraction of sp³-hybridized carbons (Fsp3) is 0.357. The molecule has 0 atom stereocenters. The number of nitrogens with zero attached hydrogens (tertiary/aromatic N) is 1. The third kappa shape index (κ3) is 4.79. The van der Waals surface area contributed by atoms with E-state index in [0.717, 1.165) is 5.56 Å². The lowest BCUT2D eigenvalue weighted by molar-refractivity contribution is -0.121. The Balaban J connectivity index is 2.76. The second-order valence-electron chi connectivity index (χ2n) is 4.57. The Hall–Kier alpha value is -2.57. The molecule has 0 fully saturated rings. The average Bonchev–Trinajstić information content (AvgIpc) is 2.40. The number of carbonyl (C=O) groups excluding carboxylic acids is 2. The van der Waals surface area contributed by atoms with Gasteiger partial charge in [0.1, 0.15) is 6.54 Å². The molecular formula is C14H19N3O4. The van der Waals surface area contributed by atoms with Crippen molar-refractivity contribution in [2.45, 2.75) is 13.8 Å².